The minimum atomic E-state index is -0.379. The molecular weight excluding hydrogens is 376 g/mol. The van der Waals surface area contributed by atoms with Gasteiger partial charge in [-0.25, -0.2) is 4.98 Å². The third-order valence-electron chi connectivity index (χ3n) is 5.55. The maximum absolute atomic E-state index is 13.0. The molecule has 2 amide bonds. The Balaban J connectivity index is 1.51. The van der Waals surface area contributed by atoms with E-state index in [1.165, 1.54) is 5.56 Å². The van der Waals surface area contributed by atoms with E-state index in [-0.39, 0.29) is 29.7 Å². The molecule has 2 heterocycles. The molecular formula is C24H28N4O2. The summed E-state index contributed by atoms with van der Waals surface area (Å²) in [6.45, 7) is 9.24. The summed E-state index contributed by atoms with van der Waals surface area (Å²) in [6, 6.07) is 16.0. The van der Waals surface area contributed by atoms with Gasteiger partial charge >= 0.3 is 0 Å². The van der Waals surface area contributed by atoms with Gasteiger partial charge in [0.15, 0.2) is 0 Å². The van der Waals surface area contributed by atoms with Gasteiger partial charge in [0, 0.05) is 25.0 Å². The molecule has 4 rings (SSSR count). The fourth-order valence-corrected chi connectivity index (χ4v) is 4.02. The van der Waals surface area contributed by atoms with Crippen molar-refractivity contribution in [3.8, 4) is 0 Å². The van der Waals surface area contributed by atoms with Crippen LogP contribution in [-0.2, 0) is 21.7 Å². The Labute approximate surface area is 176 Å². The Morgan fingerprint density at radius 2 is 1.83 bits per heavy atom. The highest BCUT2D eigenvalue weighted by Gasteiger charge is 2.35. The van der Waals surface area contributed by atoms with Crippen molar-refractivity contribution < 1.29 is 9.59 Å². The standard InChI is InChI=1S/C24H28N4O2/c1-16-9-11-17(12-10-16)14-27-15-18(13-21(27)29)22(30)26-23-25-19-7-5-6-8-20(19)28(23)24(2,3)4/h5-12,18H,13-15H2,1-4H3,(H,25,26,30). The van der Waals surface area contributed by atoms with Crippen molar-refractivity contribution in [3.63, 3.8) is 0 Å². The van der Waals surface area contributed by atoms with Crippen molar-refractivity contribution in [2.24, 2.45) is 5.92 Å². The van der Waals surface area contributed by atoms with Crippen LogP contribution in [0.1, 0.15) is 38.3 Å². The van der Waals surface area contributed by atoms with Gasteiger partial charge in [-0.3, -0.25) is 14.9 Å². The number of nitrogens with one attached hydrogen (secondary N) is 1. The van der Waals surface area contributed by atoms with Crippen molar-refractivity contribution in [1.29, 1.82) is 0 Å². The van der Waals surface area contributed by atoms with E-state index in [1.807, 2.05) is 60.0 Å². The average Bonchev–Trinajstić information content (AvgIpc) is 3.23. The van der Waals surface area contributed by atoms with Crippen LogP contribution in [0, 0.1) is 12.8 Å². The summed E-state index contributed by atoms with van der Waals surface area (Å²) in [4.78, 5) is 31.9. The number of aryl methyl sites for hydroxylation is 1. The second kappa shape index (κ2) is 7.59. The Bertz CT molecular complexity index is 1090. The summed E-state index contributed by atoms with van der Waals surface area (Å²) < 4.78 is 2.04. The number of amides is 2. The van der Waals surface area contributed by atoms with E-state index in [0.29, 0.717) is 19.0 Å². The zero-order valence-electron chi connectivity index (χ0n) is 18.0. The van der Waals surface area contributed by atoms with Crippen LogP contribution in [0.2, 0.25) is 0 Å². The van der Waals surface area contributed by atoms with Crippen LogP contribution >= 0.6 is 0 Å². The van der Waals surface area contributed by atoms with E-state index in [2.05, 4.69) is 31.1 Å². The monoisotopic (exact) mass is 404 g/mol. The van der Waals surface area contributed by atoms with Gasteiger partial charge < -0.3 is 9.47 Å². The minimum absolute atomic E-state index is 0.0139. The van der Waals surface area contributed by atoms with Gasteiger partial charge in [0.05, 0.1) is 17.0 Å². The molecule has 6 heteroatoms. The number of aromatic nitrogens is 2. The lowest BCUT2D eigenvalue weighted by molar-refractivity contribution is -0.128. The SMILES string of the molecule is Cc1ccc(CN2CC(C(=O)Nc3nc4ccccc4n3C(C)(C)C)CC2=O)cc1. The predicted molar refractivity (Wildman–Crippen MR) is 118 cm³/mol. The summed E-state index contributed by atoms with van der Waals surface area (Å²) in [5.74, 6) is 0.00456. The number of hydrogen-bond acceptors (Lipinski definition) is 3. The Kier molecular flexibility index (Phi) is 5.10. The summed E-state index contributed by atoms with van der Waals surface area (Å²) >= 11 is 0. The molecule has 1 aliphatic rings. The third kappa shape index (κ3) is 3.95. The molecule has 1 unspecified atom stereocenters. The number of imidazole rings is 1. The van der Waals surface area contributed by atoms with Gasteiger partial charge in [-0.15, -0.1) is 0 Å². The second-order valence-electron chi connectivity index (χ2n) is 9.08. The lowest BCUT2D eigenvalue weighted by Gasteiger charge is -2.25. The van der Waals surface area contributed by atoms with Crippen LogP contribution in [-0.4, -0.2) is 32.8 Å². The Hall–Kier alpha value is -3.15. The van der Waals surface area contributed by atoms with Gasteiger partial charge in [0.2, 0.25) is 17.8 Å². The predicted octanol–water partition coefficient (Wildman–Crippen LogP) is 4.09. The molecule has 156 valence electrons. The summed E-state index contributed by atoms with van der Waals surface area (Å²) in [6.07, 6.45) is 0.230. The molecule has 1 atom stereocenters. The number of hydrogen-bond donors (Lipinski definition) is 1. The zero-order chi connectivity index (χ0) is 21.5. The van der Waals surface area contributed by atoms with Crippen molar-refractivity contribution in [3.05, 3.63) is 59.7 Å². The molecule has 1 N–H and O–H groups in total. The molecule has 0 radical (unpaired) electrons. The van der Waals surface area contributed by atoms with E-state index in [4.69, 9.17) is 0 Å². The van der Waals surface area contributed by atoms with E-state index in [0.717, 1.165) is 16.6 Å². The molecule has 0 saturated carbocycles. The first kappa shape index (κ1) is 20.1. The number of nitrogens with zero attached hydrogens (tertiary/aromatic N) is 3. The second-order valence-corrected chi connectivity index (χ2v) is 9.08. The molecule has 1 aliphatic heterocycles. The number of para-hydroxylation sites is 2. The molecule has 30 heavy (non-hydrogen) atoms. The number of anilines is 1. The minimum Gasteiger partial charge on any atom is -0.338 e. The topological polar surface area (TPSA) is 67.2 Å². The molecule has 2 aromatic carbocycles. The normalized spacial score (nSPS) is 17.0. The third-order valence-corrected chi connectivity index (χ3v) is 5.55. The van der Waals surface area contributed by atoms with Crippen LogP contribution in [0.25, 0.3) is 11.0 Å². The first-order valence-electron chi connectivity index (χ1n) is 10.3. The fraction of sp³-hybridized carbons (Fsp3) is 0.375. The average molecular weight is 405 g/mol. The van der Waals surface area contributed by atoms with E-state index in [9.17, 15) is 9.59 Å². The number of carbonyl (C=O) groups excluding carboxylic acids is 2. The van der Waals surface area contributed by atoms with Crippen LogP contribution in [0.3, 0.4) is 0 Å². The highest BCUT2D eigenvalue weighted by Crippen LogP contribution is 2.29. The van der Waals surface area contributed by atoms with Gasteiger partial charge in [0.25, 0.3) is 0 Å². The van der Waals surface area contributed by atoms with Gasteiger partial charge in [-0.05, 0) is 45.4 Å². The summed E-state index contributed by atoms with van der Waals surface area (Å²) in [7, 11) is 0. The van der Waals surface area contributed by atoms with Crippen molar-refractivity contribution in [2.45, 2.75) is 46.2 Å². The molecule has 3 aromatic rings. The van der Waals surface area contributed by atoms with Crippen LogP contribution in [0.15, 0.2) is 48.5 Å². The zero-order valence-corrected chi connectivity index (χ0v) is 18.0. The lowest BCUT2D eigenvalue weighted by atomic mass is 10.1. The molecule has 1 saturated heterocycles. The molecule has 0 aliphatic carbocycles. The Morgan fingerprint density at radius 1 is 1.13 bits per heavy atom. The highest BCUT2D eigenvalue weighted by atomic mass is 16.2. The first-order valence-corrected chi connectivity index (χ1v) is 10.3. The summed E-state index contributed by atoms with van der Waals surface area (Å²) in [5.41, 5.74) is 3.83. The van der Waals surface area contributed by atoms with E-state index < -0.39 is 0 Å². The van der Waals surface area contributed by atoms with Gasteiger partial charge in [-0.1, -0.05) is 42.0 Å². The number of rotatable bonds is 4. The molecule has 1 fully saturated rings. The van der Waals surface area contributed by atoms with Crippen LogP contribution in [0.5, 0.6) is 0 Å². The van der Waals surface area contributed by atoms with Gasteiger partial charge in [0.1, 0.15) is 0 Å². The maximum atomic E-state index is 13.0. The van der Waals surface area contributed by atoms with Crippen molar-refractivity contribution in [2.75, 3.05) is 11.9 Å². The largest absolute Gasteiger partial charge is 0.338 e. The number of benzene rings is 2. The first-order chi connectivity index (χ1) is 14.2. The maximum Gasteiger partial charge on any atom is 0.232 e. The smallest absolute Gasteiger partial charge is 0.232 e. The molecule has 1 aromatic heterocycles. The van der Waals surface area contributed by atoms with Crippen LogP contribution in [0.4, 0.5) is 5.95 Å². The quantitative estimate of drug-likeness (QED) is 0.712. The molecule has 0 bridgehead atoms. The number of fused-ring (bicyclic) bond motifs is 1. The van der Waals surface area contributed by atoms with Gasteiger partial charge in [-0.2, -0.15) is 0 Å². The Morgan fingerprint density at radius 3 is 2.53 bits per heavy atom. The highest BCUT2D eigenvalue weighted by molar-refractivity contribution is 5.97. The molecule has 0 spiro atoms. The lowest BCUT2D eigenvalue weighted by Crippen LogP contribution is -2.30. The molecule has 6 nitrogen and oxygen atoms in total. The number of carbonyl (C=O) groups is 2. The van der Waals surface area contributed by atoms with E-state index >= 15 is 0 Å². The number of likely N-dealkylation sites (tertiary alicyclic amines) is 1. The summed E-state index contributed by atoms with van der Waals surface area (Å²) in [5, 5.41) is 2.99. The van der Waals surface area contributed by atoms with Crippen molar-refractivity contribution >= 4 is 28.8 Å². The van der Waals surface area contributed by atoms with E-state index in [1.54, 1.807) is 4.90 Å². The fourth-order valence-electron chi connectivity index (χ4n) is 4.02. The van der Waals surface area contributed by atoms with Crippen LogP contribution < -0.4 is 5.32 Å². The van der Waals surface area contributed by atoms with Crippen molar-refractivity contribution in [1.82, 2.24) is 14.5 Å².